The van der Waals surface area contributed by atoms with Crippen LogP contribution in [0.3, 0.4) is 0 Å². The Bertz CT molecular complexity index is 780. The van der Waals surface area contributed by atoms with E-state index in [0.29, 0.717) is 41.5 Å². The van der Waals surface area contributed by atoms with Crippen molar-refractivity contribution in [3.05, 3.63) is 40.7 Å². The number of likely N-dealkylation sites (tertiary alicyclic amines) is 1. The Balaban J connectivity index is 1.73. The lowest BCUT2D eigenvalue weighted by molar-refractivity contribution is -0.125. The number of amides is 2. The predicted molar refractivity (Wildman–Crippen MR) is 94.9 cm³/mol. The molecular weight excluding hydrogens is 341 g/mol. The van der Waals surface area contributed by atoms with Gasteiger partial charge in [-0.1, -0.05) is 0 Å². The van der Waals surface area contributed by atoms with Crippen LogP contribution in [-0.4, -0.2) is 41.8 Å². The minimum Gasteiger partial charge on any atom is -0.359 e. The van der Waals surface area contributed by atoms with Crippen molar-refractivity contribution < 1.29 is 14.0 Å². The van der Waals surface area contributed by atoms with Crippen molar-refractivity contribution in [2.45, 2.75) is 19.8 Å². The summed E-state index contributed by atoms with van der Waals surface area (Å²) in [6, 6.07) is 6.10. The van der Waals surface area contributed by atoms with Crippen LogP contribution in [0.2, 0.25) is 0 Å². The van der Waals surface area contributed by atoms with Crippen molar-refractivity contribution in [1.82, 2.24) is 15.2 Å². The fourth-order valence-electron chi connectivity index (χ4n) is 3.00. The molecule has 0 spiro atoms. The number of hydrogen-bond acceptors (Lipinski definition) is 4. The molecule has 1 aromatic carbocycles. The van der Waals surface area contributed by atoms with Gasteiger partial charge in [0.1, 0.15) is 15.7 Å². The molecule has 3 rings (SSSR count). The van der Waals surface area contributed by atoms with Gasteiger partial charge in [-0.2, -0.15) is 0 Å². The van der Waals surface area contributed by atoms with E-state index >= 15 is 0 Å². The molecule has 1 aliphatic heterocycles. The van der Waals surface area contributed by atoms with Crippen molar-refractivity contribution in [1.29, 1.82) is 0 Å². The second-order valence-electron chi connectivity index (χ2n) is 6.12. The molecule has 0 radical (unpaired) electrons. The van der Waals surface area contributed by atoms with Crippen molar-refractivity contribution >= 4 is 23.2 Å². The molecule has 0 atom stereocenters. The summed E-state index contributed by atoms with van der Waals surface area (Å²) < 4.78 is 13.1. The number of aryl methyl sites for hydroxylation is 1. The molecule has 0 bridgehead atoms. The molecule has 7 heteroatoms. The number of piperidine rings is 1. The first-order chi connectivity index (χ1) is 12.0. The quantitative estimate of drug-likeness (QED) is 0.914. The van der Waals surface area contributed by atoms with Gasteiger partial charge in [0, 0.05) is 31.6 Å². The van der Waals surface area contributed by atoms with Gasteiger partial charge < -0.3 is 10.2 Å². The Morgan fingerprint density at radius 1 is 1.24 bits per heavy atom. The van der Waals surface area contributed by atoms with Crippen LogP contribution in [0.1, 0.15) is 28.2 Å². The van der Waals surface area contributed by atoms with Crippen LogP contribution in [0.5, 0.6) is 0 Å². The number of carbonyl (C=O) groups is 2. The van der Waals surface area contributed by atoms with Crippen LogP contribution < -0.4 is 5.32 Å². The van der Waals surface area contributed by atoms with E-state index < -0.39 is 0 Å². The molecule has 2 aromatic rings. The molecule has 1 fully saturated rings. The summed E-state index contributed by atoms with van der Waals surface area (Å²) in [5, 5.41) is 3.38. The highest BCUT2D eigenvalue weighted by molar-refractivity contribution is 7.17. The SMILES string of the molecule is CNC(=O)C1CCN(C(=O)c2sc(-c3ccc(F)cc3)nc2C)CC1. The van der Waals surface area contributed by atoms with Gasteiger partial charge in [-0.25, -0.2) is 9.37 Å². The maximum absolute atomic E-state index is 13.1. The summed E-state index contributed by atoms with van der Waals surface area (Å²) in [6.45, 7) is 2.95. The van der Waals surface area contributed by atoms with Crippen LogP contribution in [0, 0.1) is 18.7 Å². The second kappa shape index (κ2) is 7.31. The maximum Gasteiger partial charge on any atom is 0.265 e. The Labute approximate surface area is 149 Å². The molecular formula is C18H20FN3O2S. The van der Waals surface area contributed by atoms with Crippen LogP contribution in [0.4, 0.5) is 4.39 Å². The van der Waals surface area contributed by atoms with Gasteiger partial charge in [0.15, 0.2) is 0 Å². The first-order valence-corrected chi connectivity index (χ1v) is 9.05. The lowest BCUT2D eigenvalue weighted by Gasteiger charge is -2.30. The highest BCUT2D eigenvalue weighted by atomic mass is 32.1. The Morgan fingerprint density at radius 3 is 2.48 bits per heavy atom. The van der Waals surface area contributed by atoms with E-state index in [4.69, 9.17) is 0 Å². The fraction of sp³-hybridized carbons (Fsp3) is 0.389. The third-order valence-electron chi connectivity index (χ3n) is 4.48. The van der Waals surface area contributed by atoms with Gasteiger partial charge >= 0.3 is 0 Å². The lowest BCUT2D eigenvalue weighted by Crippen LogP contribution is -2.42. The third kappa shape index (κ3) is 3.71. The first-order valence-electron chi connectivity index (χ1n) is 8.24. The highest BCUT2D eigenvalue weighted by Gasteiger charge is 2.29. The number of nitrogens with zero attached hydrogens (tertiary/aromatic N) is 2. The molecule has 1 aromatic heterocycles. The number of thiazole rings is 1. The monoisotopic (exact) mass is 361 g/mol. The van der Waals surface area contributed by atoms with E-state index in [-0.39, 0.29) is 23.5 Å². The average molecular weight is 361 g/mol. The largest absolute Gasteiger partial charge is 0.359 e. The lowest BCUT2D eigenvalue weighted by atomic mass is 9.96. The summed E-state index contributed by atoms with van der Waals surface area (Å²) in [7, 11) is 1.64. The first kappa shape index (κ1) is 17.5. The third-order valence-corrected chi connectivity index (χ3v) is 5.68. The number of benzene rings is 1. The van der Waals surface area contributed by atoms with Crippen molar-refractivity contribution in [3.63, 3.8) is 0 Å². The molecule has 1 aliphatic rings. The van der Waals surface area contributed by atoms with E-state index in [1.165, 1.54) is 23.5 Å². The van der Waals surface area contributed by atoms with Crippen molar-refractivity contribution in [3.8, 4) is 10.6 Å². The van der Waals surface area contributed by atoms with E-state index in [2.05, 4.69) is 10.3 Å². The molecule has 1 saturated heterocycles. The average Bonchev–Trinajstić information content (AvgIpc) is 3.03. The maximum atomic E-state index is 13.1. The van der Waals surface area contributed by atoms with E-state index in [1.807, 2.05) is 6.92 Å². The van der Waals surface area contributed by atoms with Crippen molar-refractivity contribution in [2.24, 2.45) is 5.92 Å². The van der Waals surface area contributed by atoms with Gasteiger partial charge in [0.25, 0.3) is 5.91 Å². The zero-order valence-electron chi connectivity index (χ0n) is 14.2. The Kier molecular flexibility index (Phi) is 5.13. The molecule has 2 heterocycles. The molecule has 0 saturated carbocycles. The predicted octanol–water partition coefficient (Wildman–Crippen LogP) is 2.86. The Morgan fingerprint density at radius 2 is 1.88 bits per heavy atom. The van der Waals surface area contributed by atoms with Gasteiger partial charge in [-0.05, 0) is 44.0 Å². The highest BCUT2D eigenvalue weighted by Crippen LogP contribution is 2.30. The summed E-state index contributed by atoms with van der Waals surface area (Å²) in [6.07, 6.45) is 1.35. The standard InChI is InChI=1S/C18H20FN3O2S/c1-11-15(25-17(21-11)13-3-5-14(19)6-4-13)18(24)22-9-7-12(8-10-22)16(23)20-2/h3-6,12H,7-10H2,1-2H3,(H,20,23). The topological polar surface area (TPSA) is 62.3 Å². The van der Waals surface area contributed by atoms with E-state index in [0.717, 1.165) is 5.56 Å². The molecule has 0 aliphatic carbocycles. The summed E-state index contributed by atoms with van der Waals surface area (Å²) in [4.78, 5) is 31.4. The molecule has 5 nitrogen and oxygen atoms in total. The van der Waals surface area contributed by atoms with E-state index in [9.17, 15) is 14.0 Å². The van der Waals surface area contributed by atoms with Gasteiger partial charge in [-0.15, -0.1) is 11.3 Å². The number of hydrogen-bond donors (Lipinski definition) is 1. The van der Waals surface area contributed by atoms with Gasteiger partial charge in [-0.3, -0.25) is 9.59 Å². The number of aromatic nitrogens is 1. The number of rotatable bonds is 3. The van der Waals surface area contributed by atoms with Crippen LogP contribution >= 0.6 is 11.3 Å². The molecule has 1 N–H and O–H groups in total. The summed E-state index contributed by atoms with van der Waals surface area (Å²) >= 11 is 1.33. The molecule has 2 amide bonds. The zero-order valence-corrected chi connectivity index (χ0v) is 15.0. The number of halogens is 1. The van der Waals surface area contributed by atoms with Crippen LogP contribution in [0.25, 0.3) is 10.6 Å². The minimum absolute atomic E-state index is 0.0219. The minimum atomic E-state index is -0.299. The van der Waals surface area contributed by atoms with Gasteiger partial charge in [0.2, 0.25) is 5.91 Å². The molecule has 132 valence electrons. The summed E-state index contributed by atoms with van der Waals surface area (Å²) in [5.74, 6) is -0.322. The van der Waals surface area contributed by atoms with Crippen LogP contribution in [-0.2, 0) is 4.79 Å². The van der Waals surface area contributed by atoms with Gasteiger partial charge in [0.05, 0.1) is 5.69 Å². The molecule has 0 unspecified atom stereocenters. The van der Waals surface area contributed by atoms with Crippen molar-refractivity contribution in [2.75, 3.05) is 20.1 Å². The van der Waals surface area contributed by atoms with E-state index in [1.54, 1.807) is 24.1 Å². The normalized spacial score (nSPS) is 15.2. The molecule has 25 heavy (non-hydrogen) atoms. The number of nitrogens with one attached hydrogen (secondary N) is 1. The number of carbonyl (C=O) groups excluding carboxylic acids is 2. The van der Waals surface area contributed by atoms with Crippen LogP contribution in [0.15, 0.2) is 24.3 Å². The second-order valence-corrected chi connectivity index (χ2v) is 7.12. The fourth-order valence-corrected chi connectivity index (χ4v) is 4.04. The zero-order chi connectivity index (χ0) is 18.0. The Hall–Kier alpha value is -2.28. The summed E-state index contributed by atoms with van der Waals surface area (Å²) in [5.41, 5.74) is 1.48. The smallest absolute Gasteiger partial charge is 0.265 e.